The van der Waals surface area contributed by atoms with E-state index >= 15 is 0 Å². The molecule has 2 heterocycles. The van der Waals surface area contributed by atoms with Crippen LogP contribution in [0.4, 0.5) is 0 Å². The van der Waals surface area contributed by atoms with Crippen molar-refractivity contribution >= 4 is 11.9 Å². The maximum Gasteiger partial charge on any atom is 0.326 e. The minimum absolute atomic E-state index is 0.164. The van der Waals surface area contributed by atoms with Crippen LogP contribution in [0.15, 0.2) is 12.5 Å². The first-order valence-electron chi connectivity index (χ1n) is 6.16. The number of imidazole rings is 1. The summed E-state index contributed by atoms with van der Waals surface area (Å²) in [6.45, 7) is 2.21. The molecule has 0 aliphatic carbocycles. The molecule has 7 nitrogen and oxygen atoms in total. The fraction of sp³-hybridized carbons (Fsp3) is 0.583. The first-order valence-corrected chi connectivity index (χ1v) is 6.16. The molecule has 1 aromatic heterocycles. The van der Waals surface area contributed by atoms with Gasteiger partial charge in [-0.3, -0.25) is 4.79 Å². The molecule has 2 rings (SSSR count). The van der Waals surface area contributed by atoms with Gasteiger partial charge >= 0.3 is 5.97 Å². The zero-order valence-electron chi connectivity index (χ0n) is 10.7. The summed E-state index contributed by atoms with van der Waals surface area (Å²) in [5.74, 6) is -1.46. The molecule has 1 saturated heterocycles. The molecule has 2 atom stereocenters. The minimum Gasteiger partial charge on any atom is -0.480 e. The lowest BCUT2D eigenvalue weighted by atomic mass is 10.0. The standard InChI is InChI=1S/C12H17N3O4/c1-12(3-2-4-19-12)11(18)15-9(10(16)17)5-8-6-13-7-14-8/h6-7,9H,2-5H2,1H3,(H,13,14)(H,15,18)(H,16,17)/t9-,12?/m1/s1. The zero-order chi connectivity index (χ0) is 13.9. The molecular formula is C12H17N3O4. The summed E-state index contributed by atoms with van der Waals surface area (Å²) < 4.78 is 5.39. The van der Waals surface area contributed by atoms with Gasteiger partial charge in [0.2, 0.25) is 0 Å². The van der Waals surface area contributed by atoms with Gasteiger partial charge in [-0.05, 0) is 19.8 Å². The van der Waals surface area contributed by atoms with Crippen molar-refractivity contribution in [3.05, 3.63) is 18.2 Å². The van der Waals surface area contributed by atoms with Crippen LogP contribution < -0.4 is 5.32 Å². The first-order chi connectivity index (χ1) is 9.01. The number of carboxylic acid groups (broad SMARTS) is 1. The molecule has 3 N–H and O–H groups in total. The van der Waals surface area contributed by atoms with E-state index in [1.807, 2.05) is 0 Å². The van der Waals surface area contributed by atoms with Crippen LogP contribution in [0, 0.1) is 0 Å². The second kappa shape index (κ2) is 5.40. The highest BCUT2D eigenvalue weighted by Crippen LogP contribution is 2.25. The number of rotatable bonds is 5. The van der Waals surface area contributed by atoms with Gasteiger partial charge in [-0.2, -0.15) is 0 Å². The quantitative estimate of drug-likeness (QED) is 0.701. The second-order valence-corrected chi connectivity index (χ2v) is 4.83. The average molecular weight is 267 g/mol. The van der Waals surface area contributed by atoms with E-state index in [2.05, 4.69) is 15.3 Å². The Labute approximate surface area is 110 Å². The fourth-order valence-electron chi connectivity index (χ4n) is 2.09. The Morgan fingerprint density at radius 2 is 2.47 bits per heavy atom. The summed E-state index contributed by atoms with van der Waals surface area (Å²) in [6, 6.07) is -0.992. The van der Waals surface area contributed by atoms with Gasteiger partial charge in [0.1, 0.15) is 11.6 Å². The van der Waals surface area contributed by atoms with Crippen molar-refractivity contribution in [3.8, 4) is 0 Å². The molecule has 1 aliphatic rings. The zero-order valence-corrected chi connectivity index (χ0v) is 10.7. The van der Waals surface area contributed by atoms with Crippen LogP contribution in [0.5, 0.6) is 0 Å². The number of carbonyl (C=O) groups is 2. The van der Waals surface area contributed by atoms with Crippen LogP contribution in [0.1, 0.15) is 25.5 Å². The highest BCUT2D eigenvalue weighted by molar-refractivity contribution is 5.89. The van der Waals surface area contributed by atoms with Crippen molar-refractivity contribution in [1.82, 2.24) is 15.3 Å². The highest BCUT2D eigenvalue weighted by atomic mass is 16.5. The topological polar surface area (TPSA) is 104 Å². The summed E-state index contributed by atoms with van der Waals surface area (Å²) in [5.41, 5.74) is -0.257. The molecule has 1 aliphatic heterocycles. The number of carbonyl (C=O) groups excluding carboxylic acids is 1. The molecule has 1 aromatic rings. The number of carboxylic acids is 1. The number of aromatic amines is 1. The molecule has 104 valence electrons. The smallest absolute Gasteiger partial charge is 0.326 e. The molecule has 0 radical (unpaired) electrons. The van der Waals surface area contributed by atoms with Crippen LogP contribution in [0.25, 0.3) is 0 Å². The van der Waals surface area contributed by atoms with E-state index < -0.39 is 17.6 Å². The lowest BCUT2D eigenvalue weighted by Gasteiger charge is -2.24. The number of ether oxygens (including phenoxy) is 1. The van der Waals surface area contributed by atoms with E-state index in [-0.39, 0.29) is 12.3 Å². The number of aromatic nitrogens is 2. The number of amides is 1. The van der Waals surface area contributed by atoms with Crippen molar-refractivity contribution in [2.75, 3.05) is 6.61 Å². The molecule has 19 heavy (non-hydrogen) atoms. The van der Waals surface area contributed by atoms with Crippen LogP contribution in [-0.4, -0.2) is 45.2 Å². The van der Waals surface area contributed by atoms with Gasteiger partial charge in [0.25, 0.3) is 5.91 Å². The number of nitrogens with zero attached hydrogens (tertiary/aromatic N) is 1. The van der Waals surface area contributed by atoms with Gasteiger partial charge in [-0.25, -0.2) is 9.78 Å². The van der Waals surface area contributed by atoms with Crippen molar-refractivity contribution < 1.29 is 19.4 Å². The molecule has 7 heteroatoms. The third kappa shape index (κ3) is 3.11. The minimum atomic E-state index is -1.08. The predicted octanol–water partition coefficient (Wildman–Crippen LogP) is 0.0907. The van der Waals surface area contributed by atoms with Gasteiger partial charge in [0, 0.05) is 24.9 Å². The first kappa shape index (κ1) is 13.5. The van der Waals surface area contributed by atoms with Crippen LogP contribution >= 0.6 is 0 Å². The molecule has 0 aromatic carbocycles. The fourth-order valence-corrected chi connectivity index (χ4v) is 2.09. The third-order valence-electron chi connectivity index (χ3n) is 3.28. The van der Waals surface area contributed by atoms with E-state index in [1.54, 1.807) is 6.92 Å². The summed E-state index contributed by atoms with van der Waals surface area (Å²) >= 11 is 0. The van der Waals surface area contributed by atoms with E-state index in [1.165, 1.54) is 12.5 Å². The van der Waals surface area contributed by atoms with Gasteiger partial charge in [0.15, 0.2) is 0 Å². The SMILES string of the molecule is CC1(C(=O)N[C@H](Cc2cnc[nH]2)C(=O)O)CCCO1. The van der Waals surface area contributed by atoms with E-state index in [9.17, 15) is 9.59 Å². The monoisotopic (exact) mass is 267 g/mol. The number of nitrogens with one attached hydrogen (secondary N) is 2. The maximum absolute atomic E-state index is 12.1. The highest BCUT2D eigenvalue weighted by Gasteiger charge is 2.39. The maximum atomic E-state index is 12.1. The van der Waals surface area contributed by atoms with Crippen molar-refractivity contribution in [2.24, 2.45) is 0 Å². The van der Waals surface area contributed by atoms with E-state index in [4.69, 9.17) is 9.84 Å². The third-order valence-corrected chi connectivity index (χ3v) is 3.28. The number of H-pyrrole nitrogens is 1. The Morgan fingerprint density at radius 3 is 3.00 bits per heavy atom. The Morgan fingerprint density at radius 1 is 1.68 bits per heavy atom. The Kier molecular flexibility index (Phi) is 3.84. The van der Waals surface area contributed by atoms with Crippen molar-refractivity contribution in [3.63, 3.8) is 0 Å². The molecule has 1 amide bonds. The van der Waals surface area contributed by atoms with E-state index in [0.717, 1.165) is 6.42 Å². The van der Waals surface area contributed by atoms with E-state index in [0.29, 0.717) is 18.7 Å². The molecular weight excluding hydrogens is 250 g/mol. The number of hydrogen-bond acceptors (Lipinski definition) is 4. The molecule has 0 spiro atoms. The van der Waals surface area contributed by atoms with Gasteiger partial charge in [-0.15, -0.1) is 0 Å². The normalized spacial score (nSPS) is 24.1. The molecule has 1 fully saturated rings. The largest absolute Gasteiger partial charge is 0.480 e. The van der Waals surface area contributed by atoms with Crippen LogP contribution in [-0.2, 0) is 20.7 Å². The van der Waals surface area contributed by atoms with Crippen molar-refractivity contribution in [1.29, 1.82) is 0 Å². The number of hydrogen-bond donors (Lipinski definition) is 3. The summed E-state index contributed by atoms with van der Waals surface area (Å²) in [5, 5.41) is 11.7. The average Bonchev–Trinajstić information content (AvgIpc) is 3.00. The predicted molar refractivity (Wildman–Crippen MR) is 65.4 cm³/mol. The van der Waals surface area contributed by atoms with Crippen LogP contribution in [0.2, 0.25) is 0 Å². The lowest BCUT2D eigenvalue weighted by Crippen LogP contribution is -2.51. The molecule has 0 bridgehead atoms. The van der Waals surface area contributed by atoms with Gasteiger partial charge in [0.05, 0.1) is 6.33 Å². The Bertz CT molecular complexity index is 452. The molecule has 0 saturated carbocycles. The summed E-state index contributed by atoms with van der Waals surface area (Å²) in [7, 11) is 0. The second-order valence-electron chi connectivity index (χ2n) is 4.83. The summed E-state index contributed by atoms with van der Waals surface area (Å²) in [6.07, 6.45) is 4.59. The van der Waals surface area contributed by atoms with Crippen molar-refractivity contribution in [2.45, 2.75) is 37.8 Å². The Balaban J connectivity index is 2.00. The van der Waals surface area contributed by atoms with Crippen LogP contribution in [0.3, 0.4) is 0 Å². The molecule has 1 unspecified atom stereocenters. The van der Waals surface area contributed by atoms with Gasteiger partial charge in [-0.1, -0.05) is 0 Å². The lowest BCUT2D eigenvalue weighted by molar-refractivity contribution is -0.147. The van der Waals surface area contributed by atoms with Gasteiger partial charge < -0.3 is 20.1 Å². The summed E-state index contributed by atoms with van der Waals surface area (Å²) in [4.78, 5) is 29.9. The number of aliphatic carboxylic acids is 1. The Hall–Kier alpha value is -1.89.